The van der Waals surface area contributed by atoms with Crippen LogP contribution in [0.4, 0.5) is 0 Å². The fourth-order valence-corrected chi connectivity index (χ4v) is 3.02. The van der Waals surface area contributed by atoms with Crippen molar-refractivity contribution in [3.63, 3.8) is 0 Å². The summed E-state index contributed by atoms with van der Waals surface area (Å²) in [6.45, 7) is 2.40. The van der Waals surface area contributed by atoms with Gasteiger partial charge in [-0.05, 0) is 19.8 Å². The summed E-state index contributed by atoms with van der Waals surface area (Å²) in [5.74, 6) is 0.236. The van der Waals surface area contributed by atoms with Gasteiger partial charge in [0.05, 0.1) is 11.9 Å². The van der Waals surface area contributed by atoms with Gasteiger partial charge in [0.1, 0.15) is 0 Å². The van der Waals surface area contributed by atoms with Gasteiger partial charge in [-0.2, -0.15) is 4.31 Å². The Labute approximate surface area is 73.2 Å². The van der Waals surface area contributed by atoms with E-state index in [1.807, 2.05) is 0 Å². The summed E-state index contributed by atoms with van der Waals surface area (Å²) in [7, 11) is -3.05. The molecule has 1 heterocycles. The first-order valence-electron chi connectivity index (χ1n) is 4.18. The standard InChI is InChI=1S/C7H15NO3S/c1-7(9)6-8-4-2-3-5-12(8,10)11/h7,9H,2-6H2,1H3. The van der Waals surface area contributed by atoms with E-state index >= 15 is 0 Å². The highest BCUT2D eigenvalue weighted by Crippen LogP contribution is 2.13. The maximum Gasteiger partial charge on any atom is 0.214 e. The summed E-state index contributed by atoms with van der Waals surface area (Å²) >= 11 is 0. The smallest absolute Gasteiger partial charge is 0.214 e. The molecule has 1 saturated heterocycles. The average molecular weight is 193 g/mol. The summed E-state index contributed by atoms with van der Waals surface area (Å²) < 4.78 is 24.0. The van der Waals surface area contributed by atoms with Crippen molar-refractivity contribution in [2.24, 2.45) is 0 Å². The van der Waals surface area contributed by atoms with E-state index < -0.39 is 16.1 Å². The SMILES string of the molecule is CC(O)CN1CCCCS1(=O)=O. The summed E-state index contributed by atoms with van der Waals surface area (Å²) in [5, 5.41) is 9.03. The van der Waals surface area contributed by atoms with Crippen LogP contribution in [0.2, 0.25) is 0 Å². The van der Waals surface area contributed by atoms with Crippen molar-refractivity contribution in [2.45, 2.75) is 25.9 Å². The highest BCUT2D eigenvalue weighted by molar-refractivity contribution is 7.89. The molecule has 12 heavy (non-hydrogen) atoms. The number of aliphatic hydroxyl groups is 1. The molecule has 1 atom stereocenters. The quantitative estimate of drug-likeness (QED) is 0.660. The van der Waals surface area contributed by atoms with Gasteiger partial charge in [-0.15, -0.1) is 0 Å². The summed E-state index contributed by atoms with van der Waals surface area (Å²) in [5.41, 5.74) is 0. The molecule has 0 radical (unpaired) electrons. The van der Waals surface area contributed by atoms with E-state index in [1.165, 1.54) is 4.31 Å². The van der Waals surface area contributed by atoms with Crippen molar-refractivity contribution in [1.29, 1.82) is 0 Å². The lowest BCUT2D eigenvalue weighted by molar-refractivity contribution is 0.160. The third kappa shape index (κ3) is 2.43. The van der Waals surface area contributed by atoms with Gasteiger partial charge in [-0.3, -0.25) is 0 Å². The molecule has 1 unspecified atom stereocenters. The monoisotopic (exact) mass is 193 g/mol. The van der Waals surface area contributed by atoms with Gasteiger partial charge in [0.2, 0.25) is 10.0 Å². The number of sulfonamides is 1. The Morgan fingerprint density at radius 3 is 2.67 bits per heavy atom. The molecule has 0 aromatic heterocycles. The average Bonchev–Trinajstić information content (AvgIpc) is 1.92. The first kappa shape index (κ1) is 9.95. The minimum absolute atomic E-state index is 0.236. The molecule has 1 rings (SSSR count). The number of hydrogen-bond donors (Lipinski definition) is 1. The molecule has 0 spiro atoms. The van der Waals surface area contributed by atoms with E-state index in [0.717, 1.165) is 12.8 Å². The van der Waals surface area contributed by atoms with Gasteiger partial charge in [0.15, 0.2) is 0 Å². The van der Waals surface area contributed by atoms with E-state index in [2.05, 4.69) is 0 Å². The first-order chi connectivity index (χ1) is 5.52. The van der Waals surface area contributed by atoms with Crippen LogP contribution < -0.4 is 0 Å². The maximum absolute atomic E-state index is 11.3. The highest BCUT2D eigenvalue weighted by atomic mass is 32.2. The molecule has 72 valence electrons. The molecular formula is C7H15NO3S. The molecular weight excluding hydrogens is 178 g/mol. The molecule has 1 aliphatic rings. The zero-order valence-corrected chi connectivity index (χ0v) is 8.05. The topological polar surface area (TPSA) is 57.6 Å². The van der Waals surface area contributed by atoms with Crippen molar-refractivity contribution in [3.05, 3.63) is 0 Å². The van der Waals surface area contributed by atoms with Crippen LogP contribution in [0.5, 0.6) is 0 Å². The van der Waals surface area contributed by atoms with Crippen LogP contribution in [0, 0.1) is 0 Å². The van der Waals surface area contributed by atoms with E-state index in [9.17, 15) is 8.42 Å². The fourth-order valence-electron chi connectivity index (χ4n) is 1.34. The lowest BCUT2D eigenvalue weighted by Crippen LogP contribution is -2.41. The van der Waals surface area contributed by atoms with E-state index in [4.69, 9.17) is 5.11 Å². The number of nitrogens with zero attached hydrogens (tertiary/aromatic N) is 1. The molecule has 0 amide bonds. The molecule has 1 N–H and O–H groups in total. The van der Waals surface area contributed by atoms with Crippen LogP contribution in [-0.4, -0.2) is 42.8 Å². The predicted octanol–water partition coefficient (Wildman–Crippen LogP) is -0.207. The van der Waals surface area contributed by atoms with E-state index in [1.54, 1.807) is 6.92 Å². The Morgan fingerprint density at radius 2 is 2.17 bits per heavy atom. The van der Waals surface area contributed by atoms with Gasteiger partial charge >= 0.3 is 0 Å². The Kier molecular flexibility index (Phi) is 3.09. The van der Waals surface area contributed by atoms with Gasteiger partial charge in [0.25, 0.3) is 0 Å². The highest BCUT2D eigenvalue weighted by Gasteiger charge is 2.26. The normalized spacial score (nSPS) is 26.8. The lowest BCUT2D eigenvalue weighted by atomic mass is 10.3. The molecule has 0 saturated carbocycles. The van der Waals surface area contributed by atoms with Crippen molar-refractivity contribution >= 4 is 10.0 Å². The molecule has 1 fully saturated rings. The summed E-state index contributed by atoms with van der Waals surface area (Å²) in [6, 6.07) is 0. The van der Waals surface area contributed by atoms with Crippen LogP contribution in [0.15, 0.2) is 0 Å². The van der Waals surface area contributed by atoms with Crippen LogP contribution in [0.3, 0.4) is 0 Å². The predicted molar refractivity (Wildman–Crippen MR) is 46.3 cm³/mol. The largest absolute Gasteiger partial charge is 0.392 e. The number of β-amino-alcohol motifs (C(OH)–C–C–N with tert-alkyl or cyclic N) is 1. The van der Waals surface area contributed by atoms with Crippen LogP contribution >= 0.6 is 0 Å². The van der Waals surface area contributed by atoms with Crippen LogP contribution in [-0.2, 0) is 10.0 Å². The zero-order chi connectivity index (χ0) is 9.19. The van der Waals surface area contributed by atoms with E-state index in [-0.39, 0.29) is 12.3 Å². The zero-order valence-electron chi connectivity index (χ0n) is 7.23. The van der Waals surface area contributed by atoms with Gasteiger partial charge < -0.3 is 5.11 Å². The summed E-state index contributed by atoms with van der Waals surface area (Å²) in [6.07, 6.45) is 1.09. The Hall–Kier alpha value is -0.130. The third-order valence-corrected chi connectivity index (χ3v) is 3.84. The molecule has 0 bridgehead atoms. The molecule has 0 aromatic carbocycles. The lowest BCUT2D eigenvalue weighted by Gasteiger charge is -2.26. The second-order valence-corrected chi connectivity index (χ2v) is 5.32. The number of aliphatic hydroxyl groups excluding tert-OH is 1. The molecule has 5 heteroatoms. The van der Waals surface area contributed by atoms with Crippen LogP contribution in [0.1, 0.15) is 19.8 Å². The first-order valence-corrected chi connectivity index (χ1v) is 5.79. The van der Waals surface area contributed by atoms with E-state index in [0.29, 0.717) is 6.54 Å². The van der Waals surface area contributed by atoms with Gasteiger partial charge in [0, 0.05) is 13.1 Å². The summed E-state index contributed by atoms with van der Waals surface area (Å²) in [4.78, 5) is 0. The molecule has 0 aliphatic carbocycles. The van der Waals surface area contributed by atoms with Gasteiger partial charge in [-0.25, -0.2) is 8.42 Å². The van der Waals surface area contributed by atoms with Crippen LogP contribution in [0.25, 0.3) is 0 Å². The molecule has 4 nitrogen and oxygen atoms in total. The number of rotatable bonds is 2. The number of hydrogen-bond acceptors (Lipinski definition) is 3. The van der Waals surface area contributed by atoms with Crippen molar-refractivity contribution < 1.29 is 13.5 Å². The minimum atomic E-state index is -3.05. The van der Waals surface area contributed by atoms with Gasteiger partial charge in [-0.1, -0.05) is 0 Å². The van der Waals surface area contributed by atoms with Crippen molar-refractivity contribution in [1.82, 2.24) is 4.31 Å². The molecule has 0 aromatic rings. The Balaban J connectivity index is 2.61. The second kappa shape index (κ2) is 3.72. The fraction of sp³-hybridized carbons (Fsp3) is 1.00. The van der Waals surface area contributed by atoms with Crippen molar-refractivity contribution in [2.75, 3.05) is 18.8 Å². The van der Waals surface area contributed by atoms with Crippen molar-refractivity contribution in [3.8, 4) is 0 Å². The maximum atomic E-state index is 11.3. The Bertz CT molecular complexity index is 235. The Morgan fingerprint density at radius 1 is 1.50 bits per heavy atom. The second-order valence-electron chi connectivity index (χ2n) is 3.23. The molecule has 1 aliphatic heterocycles. The third-order valence-electron chi connectivity index (χ3n) is 1.92. The minimum Gasteiger partial charge on any atom is -0.392 e.